The number of anilines is 1. The summed E-state index contributed by atoms with van der Waals surface area (Å²) in [5.41, 5.74) is 1.85. The van der Waals surface area contributed by atoms with Crippen LogP contribution in [-0.4, -0.2) is 43.1 Å². The Balaban J connectivity index is 1.87. The smallest absolute Gasteiger partial charge is 0.329 e. The van der Waals surface area contributed by atoms with Crippen molar-refractivity contribution in [1.82, 2.24) is 4.90 Å². The molecule has 2 amide bonds. The van der Waals surface area contributed by atoms with E-state index in [1.807, 2.05) is 36.2 Å². The molecule has 3 rings (SSSR count). The number of benzene rings is 1. The summed E-state index contributed by atoms with van der Waals surface area (Å²) in [6.45, 7) is 0. The molecule has 1 aromatic rings. The van der Waals surface area contributed by atoms with E-state index in [0.717, 1.165) is 24.1 Å². The van der Waals surface area contributed by atoms with E-state index in [1.165, 1.54) is 26.4 Å². The van der Waals surface area contributed by atoms with Gasteiger partial charge in [-0.1, -0.05) is 37.5 Å². The highest BCUT2D eigenvalue weighted by Gasteiger charge is 2.41. The standard InChI is InChI=1S/C18H24N2O3/c1-19(14-9-4-3-5-10-14)18(22)20-15-11-7-6-8-13(15)12-16(20)17(21)23-2/h6-8,11,14,16H,3-5,9-10,12H2,1-2H3/t16-/m1/s1. The van der Waals surface area contributed by atoms with Crippen LogP contribution in [0.4, 0.5) is 10.5 Å². The lowest BCUT2D eigenvalue weighted by Gasteiger charge is -2.35. The Morgan fingerprint density at radius 1 is 1.17 bits per heavy atom. The average Bonchev–Trinajstić information content (AvgIpc) is 3.00. The van der Waals surface area contributed by atoms with E-state index in [0.29, 0.717) is 6.42 Å². The number of methoxy groups -OCH3 is 1. The third-order valence-electron chi connectivity index (χ3n) is 5.08. The summed E-state index contributed by atoms with van der Waals surface area (Å²) in [6.07, 6.45) is 6.18. The number of para-hydroxylation sites is 1. The number of hydrogen-bond donors (Lipinski definition) is 0. The Kier molecular flexibility index (Phi) is 4.55. The number of amides is 2. The van der Waals surface area contributed by atoms with Gasteiger partial charge in [-0.25, -0.2) is 9.59 Å². The van der Waals surface area contributed by atoms with Crippen molar-refractivity contribution in [2.24, 2.45) is 0 Å². The van der Waals surface area contributed by atoms with Gasteiger partial charge in [-0.3, -0.25) is 4.90 Å². The summed E-state index contributed by atoms with van der Waals surface area (Å²) in [6, 6.07) is 7.32. The lowest BCUT2D eigenvalue weighted by Crippen LogP contribution is -2.52. The van der Waals surface area contributed by atoms with E-state index in [1.54, 1.807) is 4.90 Å². The fourth-order valence-electron chi connectivity index (χ4n) is 3.74. The molecule has 124 valence electrons. The number of esters is 1. The second-order valence-corrected chi connectivity index (χ2v) is 6.43. The van der Waals surface area contributed by atoms with Crippen LogP contribution in [0.15, 0.2) is 24.3 Å². The lowest BCUT2D eigenvalue weighted by atomic mass is 9.95. The molecule has 0 radical (unpaired) electrons. The highest BCUT2D eigenvalue weighted by molar-refractivity contribution is 6.01. The lowest BCUT2D eigenvalue weighted by molar-refractivity contribution is -0.141. The Hall–Kier alpha value is -2.04. The third kappa shape index (κ3) is 2.92. The molecule has 1 saturated carbocycles. The van der Waals surface area contributed by atoms with E-state index in [2.05, 4.69) is 0 Å². The number of carbonyl (C=O) groups excluding carboxylic acids is 2. The first kappa shape index (κ1) is 15.8. The number of nitrogens with zero attached hydrogens (tertiary/aromatic N) is 2. The zero-order valence-corrected chi connectivity index (χ0v) is 13.8. The molecule has 5 heteroatoms. The first-order valence-corrected chi connectivity index (χ1v) is 8.35. The van der Waals surface area contributed by atoms with Crippen molar-refractivity contribution < 1.29 is 14.3 Å². The molecule has 0 spiro atoms. The van der Waals surface area contributed by atoms with Gasteiger partial charge in [0.2, 0.25) is 0 Å². The second kappa shape index (κ2) is 6.60. The van der Waals surface area contributed by atoms with Crippen LogP contribution in [0.1, 0.15) is 37.7 Å². The van der Waals surface area contributed by atoms with Gasteiger partial charge < -0.3 is 9.64 Å². The van der Waals surface area contributed by atoms with Crippen molar-refractivity contribution in [2.75, 3.05) is 19.1 Å². The number of urea groups is 1. The Morgan fingerprint density at radius 2 is 1.87 bits per heavy atom. The quantitative estimate of drug-likeness (QED) is 0.788. The van der Waals surface area contributed by atoms with Crippen LogP contribution in [0.3, 0.4) is 0 Å². The minimum absolute atomic E-state index is 0.0998. The van der Waals surface area contributed by atoms with Crippen LogP contribution in [0.25, 0.3) is 0 Å². The van der Waals surface area contributed by atoms with Gasteiger partial charge in [-0.15, -0.1) is 0 Å². The van der Waals surface area contributed by atoms with E-state index in [-0.39, 0.29) is 18.0 Å². The molecule has 5 nitrogen and oxygen atoms in total. The SMILES string of the molecule is COC(=O)[C@H]1Cc2ccccc2N1C(=O)N(C)C1CCCCC1. The van der Waals surface area contributed by atoms with Gasteiger partial charge in [0.05, 0.1) is 7.11 Å². The summed E-state index contributed by atoms with van der Waals surface area (Å²) < 4.78 is 4.92. The number of carbonyl (C=O) groups is 2. The Bertz CT molecular complexity index is 596. The van der Waals surface area contributed by atoms with Crippen LogP contribution in [0.2, 0.25) is 0 Å². The molecule has 0 bridgehead atoms. The average molecular weight is 316 g/mol. The molecule has 0 aromatic heterocycles. The van der Waals surface area contributed by atoms with Crippen molar-refractivity contribution in [1.29, 1.82) is 0 Å². The fourth-order valence-corrected chi connectivity index (χ4v) is 3.74. The van der Waals surface area contributed by atoms with Crippen molar-refractivity contribution in [3.05, 3.63) is 29.8 Å². The molecule has 1 heterocycles. The first-order chi connectivity index (χ1) is 11.1. The van der Waals surface area contributed by atoms with Gasteiger partial charge in [0, 0.05) is 25.2 Å². The second-order valence-electron chi connectivity index (χ2n) is 6.43. The van der Waals surface area contributed by atoms with Crippen LogP contribution in [0, 0.1) is 0 Å². The Labute approximate surface area is 137 Å². The Morgan fingerprint density at radius 3 is 2.57 bits per heavy atom. The molecular formula is C18H24N2O3. The number of fused-ring (bicyclic) bond motifs is 1. The summed E-state index contributed by atoms with van der Waals surface area (Å²) in [7, 11) is 3.23. The molecule has 1 aliphatic heterocycles. The minimum Gasteiger partial charge on any atom is -0.467 e. The van der Waals surface area contributed by atoms with E-state index >= 15 is 0 Å². The zero-order chi connectivity index (χ0) is 16.4. The maximum atomic E-state index is 13.1. The third-order valence-corrected chi connectivity index (χ3v) is 5.08. The monoisotopic (exact) mass is 316 g/mol. The largest absolute Gasteiger partial charge is 0.467 e. The van der Waals surface area contributed by atoms with Crippen LogP contribution >= 0.6 is 0 Å². The highest BCUT2D eigenvalue weighted by atomic mass is 16.5. The summed E-state index contributed by atoms with van der Waals surface area (Å²) in [4.78, 5) is 28.7. The summed E-state index contributed by atoms with van der Waals surface area (Å²) in [5, 5.41) is 0. The molecule has 0 saturated heterocycles. The minimum atomic E-state index is -0.559. The van der Waals surface area contributed by atoms with Gasteiger partial charge in [-0.2, -0.15) is 0 Å². The number of hydrogen-bond acceptors (Lipinski definition) is 3. The first-order valence-electron chi connectivity index (χ1n) is 8.35. The van der Waals surface area contributed by atoms with E-state index in [4.69, 9.17) is 4.74 Å². The zero-order valence-electron chi connectivity index (χ0n) is 13.8. The van der Waals surface area contributed by atoms with Gasteiger partial charge in [0.1, 0.15) is 6.04 Å². The molecule has 0 unspecified atom stereocenters. The molecular weight excluding hydrogens is 292 g/mol. The summed E-state index contributed by atoms with van der Waals surface area (Å²) >= 11 is 0. The van der Waals surface area contributed by atoms with Gasteiger partial charge in [0.25, 0.3) is 0 Å². The van der Waals surface area contributed by atoms with Gasteiger partial charge in [0.15, 0.2) is 0 Å². The number of rotatable bonds is 2. The van der Waals surface area contributed by atoms with Gasteiger partial charge >= 0.3 is 12.0 Å². The summed E-state index contributed by atoms with van der Waals surface area (Å²) in [5.74, 6) is -0.355. The molecule has 0 N–H and O–H groups in total. The maximum absolute atomic E-state index is 13.1. The highest BCUT2D eigenvalue weighted by Crippen LogP contribution is 2.34. The van der Waals surface area contributed by atoms with Crippen molar-refractivity contribution in [2.45, 2.75) is 50.6 Å². The molecule has 1 aliphatic carbocycles. The topological polar surface area (TPSA) is 49.9 Å². The van der Waals surface area contributed by atoms with Crippen LogP contribution in [-0.2, 0) is 16.0 Å². The van der Waals surface area contributed by atoms with E-state index < -0.39 is 6.04 Å². The van der Waals surface area contributed by atoms with Crippen molar-refractivity contribution >= 4 is 17.7 Å². The molecule has 1 atom stereocenters. The predicted molar refractivity (Wildman–Crippen MR) is 88.5 cm³/mol. The molecule has 1 fully saturated rings. The maximum Gasteiger partial charge on any atom is 0.329 e. The van der Waals surface area contributed by atoms with E-state index in [9.17, 15) is 9.59 Å². The van der Waals surface area contributed by atoms with Crippen LogP contribution in [0.5, 0.6) is 0 Å². The fraction of sp³-hybridized carbons (Fsp3) is 0.556. The molecule has 23 heavy (non-hydrogen) atoms. The van der Waals surface area contributed by atoms with Crippen LogP contribution < -0.4 is 4.90 Å². The van der Waals surface area contributed by atoms with Gasteiger partial charge in [-0.05, 0) is 24.5 Å². The number of ether oxygens (including phenoxy) is 1. The normalized spacial score (nSPS) is 21.0. The molecule has 2 aliphatic rings. The van der Waals surface area contributed by atoms with Crippen molar-refractivity contribution in [3.63, 3.8) is 0 Å². The van der Waals surface area contributed by atoms with Crippen molar-refractivity contribution in [3.8, 4) is 0 Å². The molecule has 1 aromatic carbocycles. The predicted octanol–water partition coefficient (Wildman–Crippen LogP) is 2.98.